The van der Waals surface area contributed by atoms with Gasteiger partial charge in [0.15, 0.2) is 0 Å². The Balaban J connectivity index is 1.60. The lowest BCUT2D eigenvalue weighted by Crippen LogP contribution is -2.34. The maximum Gasteiger partial charge on any atom is 0.228 e. The molecule has 1 atom stereocenters. The number of nitrogens with zero attached hydrogens (tertiary/aromatic N) is 2. The standard InChI is InChI=1S/C20H24N2O3/c1-3-24-17-9-8-16(21-13-17)12-20(23)22(2)14-19-18-7-5-4-6-15(18)10-11-25-19/h4-9,13,19H,3,10-12,14H2,1-2H3. The topological polar surface area (TPSA) is 51.7 Å². The Hall–Kier alpha value is -2.40. The first kappa shape index (κ1) is 17.4. The van der Waals surface area contributed by atoms with Crippen molar-refractivity contribution in [2.24, 2.45) is 0 Å². The summed E-state index contributed by atoms with van der Waals surface area (Å²) in [6.07, 6.45) is 2.80. The lowest BCUT2D eigenvalue weighted by atomic mass is 9.97. The van der Waals surface area contributed by atoms with Gasteiger partial charge in [0.2, 0.25) is 5.91 Å². The van der Waals surface area contributed by atoms with Crippen molar-refractivity contribution in [1.82, 2.24) is 9.88 Å². The lowest BCUT2D eigenvalue weighted by Gasteiger charge is -2.29. The van der Waals surface area contributed by atoms with Crippen LogP contribution in [0.25, 0.3) is 0 Å². The smallest absolute Gasteiger partial charge is 0.228 e. The van der Waals surface area contributed by atoms with E-state index in [2.05, 4.69) is 17.1 Å². The molecule has 0 spiro atoms. The van der Waals surface area contributed by atoms with E-state index in [1.54, 1.807) is 11.1 Å². The molecule has 1 aromatic heterocycles. The Labute approximate surface area is 148 Å². The van der Waals surface area contributed by atoms with Crippen molar-refractivity contribution in [2.45, 2.75) is 25.9 Å². The van der Waals surface area contributed by atoms with Gasteiger partial charge in [0.25, 0.3) is 0 Å². The largest absolute Gasteiger partial charge is 0.492 e. The summed E-state index contributed by atoms with van der Waals surface area (Å²) in [6.45, 7) is 3.78. The Morgan fingerprint density at radius 3 is 2.92 bits per heavy atom. The zero-order chi connectivity index (χ0) is 17.6. The highest BCUT2D eigenvalue weighted by molar-refractivity contribution is 5.78. The first-order chi connectivity index (χ1) is 12.2. The Morgan fingerprint density at radius 2 is 2.16 bits per heavy atom. The summed E-state index contributed by atoms with van der Waals surface area (Å²) < 4.78 is 11.3. The van der Waals surface area contributed by atoms with E-state index < -0.39 is 0 Å². The Kier molecular flexibility index (Phi) is 5.66. The molecule has 2 heterocycles. The van der Waals surface area contributed by atoms with Crippen LogP contribution in [-0.2, 0) is 22.4 Å². The molecular formula is C20H24N2O3. The molecule has 1 amide bonds. The number of ether oxygens (including phenoxy) is 2. The number of likely N-dealkylation sites (N-methyl/N-ethyl adjacent to an activating group) is 1. The molecule has 0 saturated heterocycles. The third-order valence-electron chi connectivity index (χ3n) is 4.40. The maximum absolute atomic E-state index is 12.5. The van der Waals surface area contributed by atoms with Crippen LogP contribution in [0.3, 0.4) is 0 Å². The van der Waals surface area contributed by atoms with Gasteiger partial charge in [0.05, 0.1) is 32.4 Å². The molecule has 0 aliphatic carbocycles. The number of hydrogen-bond donors (Lipinski definition) is 0. The molecule has 0 fully saturated rings. The van der Waals surface area contributed by atoms with E-state index in [0.717, 1.165) is 17.9 Å². The van der Waals surface area contributed by atoms with Gasteiger partial charge >= 0.3 is 0 Å². The molecule has 5 heteroatoms. The van der Waals surface area contributed by atoms with Gasteiger partial charge in [-0.05, 0) is 36.6 Å². The summed E-state index contributed by atoms with van der Waals surface area (Å²) >= 11 is 0. The van der Waals surface area contributed by atoms with Crippen molar-refractivity contribution in [2.75, 3.05) is 26.8 Å². The zero-order valence-electron chi connectivity index (χ0n) is 14.8. The van der Waals surface area contributed by atoms with Gasteiger partial charge < -0.3 is 14.4 Å². The molecule has 132 valence electrons. The minimum Gasteiger partial charge on any atom is -0.492 e. The van der Waals surface area contributed by atoms with Crippen LogP contribution in [0.15, 0.2) is 42.6 Å². The second-order valence-corrected chi connectivity index (χ2v) is 6.18. The number of hydrogen-bond acceptors (Lipinski definition) is 4. The van der Waals surface area contributed by atoms with Crippen molar-refractivity contribution in [3.63, 3.8) is 0 Å². The minimum absolute atomic E-state index is 0.0308. The molecule has 2 aromatic rings. The molecule has 0 saturated carbocycles. The summed E-state index contributed by atoms with van der Waals surface area (Å²) in [6, 6.07) is 12.0. The predicted molar refractivity (Wildman–Crippen MR) is 95.6 cm³/mol. The molecule has 1 unspecified atom stereocenters. The van der Waals surface area contributed by atoms with Crippen LogP contribution in [0.2, 0.25) is 0 Å². The number of fused-ring (bicyclic) bond motifs is 1. The van der Waals surface area contributed by atoms with Crippen molar-refractivity contribution >= 4 is 5.91 Å². The first-order valence-corrected chi connectivity index (χ1v) is 8.68. The van der Waals surface area contributed by atoms with Gasteiger partial charge in [-0.3, -0.25) is 9.78 Å². The Bertz CT molecular complexity index is 715. The molecular weight excluding hydrogens is 316 g/mol. The van der Waals surface area contributed by atoms with Gasteiger partial charge in [-0.1, -0.05) is 24.3 Å². The summed E-state index contributed by atoms with van der Waals surface area (Å²) in [4.78, 5) is 18.5. The monoisotopic (exact) mass is 340 g/mol. The van der Waals surface area contributed by atoms with E-state index in [0.29, 0.717) is 19.8 Å². The van der Waals surface area contributed by atoms with E-state index in [9.17, 15) is 4.79 Å². The average molecular weight is 340 g/mol. The average Bonchev–Trinajstić information content (AvgIpc) is 2.64. The molecule has 1 aliphatic heterocycles. The van der Waals surface area contributed by atoms with Gasteiger partial charge in [0.1, 0.15) is 11.9 Å². The number of amides is 1. The van der Waals surface area contributed by atoms with Crippen molar-refractivity contribution in [1.29, 1.82) is 0 Å². The van der Waals surface area contributed by atoms with E-state index in [-0.39, 0.29) is 18.4 Å². The number of carbonyl (C=O) groups excluding carboxylic acids is 1. The molecule has 1 aromatic carbocycles. The summed E-state index contributed by atoms with van der Waals surface area (Å²) in [5.74, 6) is 0.752. The van der Waals surface area contributed by atoms with Crippen LogP contribution in [0.1, 0.15) is 29.8 Å². The van der Waals surface area contributed by atoms with Crippen LogP contribution < -0.4 is 4.74 Å². The van der Waals surface area contributed by atoms with E-state index in [1.807, 2.05) is 38.2 Å². The van der Waals surface area contributed by atoms with Crippen molar-refractivity contribution in [3.8, 4) is 5.75 Å². The highest BCUT2D eigenvalue weighted by atomic mass is 16.5. The molecule has 1 aliphatic rings. The van der Waals surface area contributed by atoms with Crippen molar-refractivity contribution in [3.05, 3.63) is 59.4 Å². The Morgan fingerprint density at radius 1 is 1.32 bits per heavy atom. The van der Waals surface area contributed by atoms with Gasteiger partial charge in [-0.25, -0.2) is 0 Å². The number of rotatable bonds is 6. The predicted octanol–water partition coefficient (Wildman–Crippen LogP) is 2.80. The summed E-state index contributed by atoms with van der Waals surface area (Å²) in [5.41, 5.74) is 3.24. The van der Waals surface area contributed by atoms with Crippen LogP contribution >= 0.6 is 0 Å². The fraction of sp³-hybridized carbons (Fsp3) is 0.400. The maximum atomic E-state index is 12.5. The molecule has 0 bridgehead atoms. The summed E-state index contributed by atoms with van der Waals surface area (Å²) in [5, 5.41) is 0. The van der Waals surface area contributed by atoms with Gasteiger partial charge in [0, 0.05) is 12.7 Å². The normalized spacial score (nSPS) is 16.2. The fourth-order valence-electron chi connectivity index (χ4n) is 3.04. The second-order valence-electron chi connectivity index (χ2n) is 6.18. The number of aromatic nitrogens is 1. The lowest BCUT2D eigenvalue weighted by molar-refractivity contribution is -0.131. The van der Waals surface area contributed by atoms with Gasteiger partial charge in [-0.15, -0.1) is 0 Å². The van der Waals surface area contributed by atoms with Crippen LogP contribution in [-0.4, -0.2) is 42.6 Å². The highest BCUT2D eigenvalue weighted by Crippen LogP contribution is 2.27. The van der Waals surface area contributed by atoms with Crippen LogP contribution in [0.4, 0.5) is 0 Å². The number of benzene rings is 1. The fourth-order valence-corrected chi connectivity index (χ4v) is 3.04. The van der Waals surface area contributed by atoms with Gasteiger partial charge in [-0.2, -0.15) is 0 Å². The summed E-state index contributed by atoms with van der Waals surface area (Å²) in [7, 11) is 1.82. The van der Waals surface area contributed by atoms with E-state index in [1.165, 1.54) is 11.1 Å². The third-order valence-corrected chi connectivity index (χ3v) is 4.40. The third kappa shape index (κ3) is 4.37. The molecule has 5 nitrogen and oxygen atoms in total. The first-order valence-electron chi connectivity index (χ1n) is 8.68. The SMILES string of the molecule is CCOc1ccc(CC(=O)N(C)CC2OCCc3ccccc32)nc1. The van der Waals surface area contributed by atoms with Crippen LogP contribution in [0.5, 0.6) is 5.75 Å². The second kappa shape index (κ2) is 8.12. The molecule has 0 radical (unpaired) electrons. The zero-order valence-corrected chi connectivity index (χ0v) is 14.8. The quantitative estimate of drug-likeness (QED) is 0.811. The number of pyridine rings is 1. The number of carbonyl (C=O) groups is 1. The van der Waals surface area contributed by atoms with Crippen molar-refractivity contribution < 1.29 is 14.3 Å². The molecule has 0 N–H and O–H groups in total. The minimum atomic E-state index is -0.0628. The highest BCUT2D eigenvalue weighted by Gasteiger charge is 2.23. The van der Waals surface area contributed by atoms with E-state index in [4.69, 9.17) is 9.47 Å². The molecule has 3 rings (SSSR count). The molecule has 25 heavy (non-hydrogen) atoms. The van der Waals surface area contributed by atoms with E-state index >= 15 is 0 Å². The van der Waals surface area contributed by atoms with Crippen LogP contribution in [0, 0.1) is 0 Å².